The summed E-state index contributed by atoms with van der Waals surface area (Å²) in [7, 11) is 0. The third-order valence-corrected chi connectivity index (χ3v) is 5.95. The van der Waals surface area contributed by atoms with E-state index in [2.05, 4.69) is 26.6 Å². The molecule has 0 atom stereocenters. The Bertz CT molecular complexity index is 1400. The van der Waals surface area contributed by atoms with E-state index in [0.29, 0.717) is 22.7 Å². The van der Waals surface area contributed by atoms with Gasteiger partial charge in [0.2, 0.25) is 0 Å². The second-order valence-corrected chi connectivity index (χ2v) is 9.04. The predicted octanol–water partition coefficient (Wildman–Crippen LogP) is 4.75. The van der Waals surface area contributed by atoms with Crippen LogP contribution in [0.4, 0.5) is 16.2 Å². The first-order chi connectivity index (χ1) is 17.2. The van der Waals surface area contributed by atoms with Crippen LogP contribution in [0.3, 0.4) is 0 Å². The maximum atomic E-state index is 13.1. The maximum Gasteiger partial charge on any atom is 0.335 e. The molecule has 4 rings (SSSR count). The Hall–Kier alpha value is -4.24. The Morgan fingerprint density at radius 3 is 2.47 bits per heavy atom. The van der Waals surface area contributed by atoms with Gasteiger partial charge >= 0.3 is 6.03 Å². The van der Waals surface area contributed by atoms with Gasteiger partial charge in [-0.2, -0.15) is 0 Å². The van der Waals surface area contributed by atoms with E-state index in [1.165, 1.54) is 6.08 Å². The molecule has 8 nitrogen and oxygen atoms in total. The summed E-state index contributed by atoms with van der Waals surface area (Å²) in [5, 5.41) is 5.00. The SMILES string of the molecule is Cc1ccc(NC(=O)COc2ccccc2/C=C2\C(=O)NC(=O)N(c3ccc(Br)cc3)C2=O)c(C)c1. The Balaban J connectivity index is 1.54. The van der Waals surface area contributed by atoms with Gasteiger partial charge in [-0.25, -0.2) is 9.69 Å². The van der Waals surface area contributed by atoms with Crippen LogP contribution in [0.25, 0.3) is 6.08 Å². The van der Waals surface area contributed by atoms with Crippen LogP contribution in [0.5, 0.6) is 5.75 Å². The number of rotatable bonds is 6. The number of benzene rings is 3. The van der Waals surface area contributed by atoms with Crippen molar-refractivity contribution in [3.8, 4) is 5.75 Å². The van der Waals surface area contributed by atoms with Crippen LogP contribution < -0.4 is 20.3 Å². The van der Waals surface area contributed by atoms with Crippen molar-refractivity contribution in [1.29, 1.82) is 0 Å². The smallest absolute Gasteiger partial charge is 0.335 e. The highest BCUT2D eigenvalue weighted by atomic mass is 79.9. The first-order valence-electron chi connectivity index (χ1n) is 11.0. The maximum absolute atomic E-state index is 13.1. The highest BCUT2D eigenvalue weighted by Gasteiger charge is 2.37. The molecule has 0 saturated carbocycles. The number of imide groups is 2. The largest absolute Gasteiger partial charge is 0.483 e. The molecule has 36 heavy (non-hydrogen) atoms. The van der Waals surface area contributed by atoms with Gasteiger partial charge in [-0.15, -0.1) is 0 Å². The van der Waals surface area contributed by atoms with Crippen LogP contribution in [0.15, 0.2) is 76.8 Å². The number of hydrogen-bond acceptors (Lipinski definition) is 5. The Kier molecular flexibility index (Phi) is 7.30. The summed E-state index contributed by atoms with van der Waals surface area (Å²) in [6.45, 7) is 3.59. The van der Waals surface area contributed by atoms with E-state index in [1.807, 2.05) is 32.0 Å². The number of hydrogen-bond donors (Lipinski definition) is 2. The van der Waals surface area contributed by atoms with Crippen molar-refractivity contribution in [3.05, 3.63) is 93.5 Å². The minimum absolute atomic E-state index is 0.242. The van der Waals surface area contributed by atoms with E-state index in [-0.39, 0.29) is 18.1 Å². The molecule has 182 valence electrons. The average Bonchev–Trinajstić information content (AvgIpc) is 2.84. The molecular weight excluding hydrogens is 526 g/mol. The number of nitrogens with one attached hydrogen (secondary N) is 2. The molecule has 5 amide bonds. The predicted molar refractivity (Wildman–Crippen MR) is 140 cm³/mol. The van der Waals surface area contributed by atoms with Crippen LogP contribution >= 0.6 is 15.9 Å². The van der Waals surface area contributed by atoms with Gasteiger partial charge in [-0.1, -0.05) is 51.8 Å². The molecule has 0 bridgehead atoms. The summed E-state index contributed by atoms with van der Waals surface area (Å²) in [5.74, 6) is -1.65. The molecule has 0 aliphatic carbocycles. The molecule has 3 aromatic rings. The first-order valence-corrected chi connectivity index (χ1v) is 11.8. The van der Waals surface area contributed by atoms with Crippen LogP contribution in [0.1, 0.15) is 16.7 Å². The quantitative estimate of drug-likeness (QED) is 0.342. The zero-order chi connectivity index (χ0) is 25.8. The van der Waals surface area contributed by atoms with Crippen molar-refractivity contribution in [2.24, 2.45) is 0 Å². The number of halogens is 1. The molecule has 2 N–H and O–H groups in total. The van der Waals surface area contributed by atoms with E-state index in [9.17, 15) is 19.2 Å². The highest BCUT2D eigenvalue weighted by molar-refractivity contribution is 9.10. The van der Waals surface area contributed by atoms with Gasteiger partial charge in [-0.3, -0.25) is 19.7 Å². The van der Waals surface area contributed by atoms with Crippen molar-refractivity contribution >= 4 is 57.1 Å². The van der Waals surface area contributed by atoms with Crippen LogP contribution in [0.2, 0.25) is 0 Å². The third kappa shape index (κ3) is 5.52. The van der Waals surface area contributed by atoms with Gasteiger partial charge in [0, 0.05) is 15.7 Å². The lowest BCUT2D eigenvalue weighted by atomic mass is 10.1. The summed E-state index contributed by atoms with van der Waals surface area (Å²) < 4.78 is 6.48. The molecular formula is C27H22BrN3O5. The van der Waals surface area contributed by atoms with Crippen molar-refractivity contribution in [2.45, 2.75) is 13.8 Å². The lowest BCUT2D eigenvalue weighted by Gasteiger charge is -2.26. The van der Waals surface area contributed by atoms with E-state index in [0.717, 1.165) is 20.5 Å². The normalized spacial score (nSPS) is 14.6. The Morgan fingerprint density at radius 1 is 1.03 bits per heavy atom. The molecule has 0 radical (unpaired) electrons. The Labute approximate surface area is 216 Å². The number of ether oxygens (including phenoxy) is 1. The van der Waals surface area contributed by atoms with Gasteiger partial charge in [-0.05, 0) is 61.9 Å². The number of urea groups is 1. The summed E-state index contributed by atoms with van der Waals surface area (Å²) >= 11 is 3.31. The van der Waals surface area contributed by atoms with Gasteiger partial charge in [0.05, 0.1) is 5.69 Å². The Morgan fingerprint density at radius 2 is 1.75 bits per heavy atom. The number of aryl methyl sites for hydroxylation is 2. The number of nitrogens with zero attached hydrogens (tertiary/aromatic N) is 1. The van der Waals surface area contributed by atoms with Crippen molar-refractivity contribution < 1.29 is 23.9 Å². The van der Waals surface area contributed by atoms with Crippen LogP contribution in [-0.4, -0.2) is 30.4 Å². The first kappa shape index (κ1) is 24.9. The lowest BCUT2D eigenvalue weighted by Crippen LogP contribution is -2.54. The molecule has 1 heterocycles. The van der Waals surface area contributed by atoms with Crippen molar-refractivity contribution in [3.63, 3.8) is 0 Å². The molecule has 1 aliphatic rings. The monoisotopic (exact) mass is 547 g/mol. The molecule has 1 saturated heterocycles. The van der Waals surface area contributed by atoms with E-state index >= 15 is 0 Å². The topological polar surface area (TPSA) is 105 Å². The second-order valence-electron chi connectivity index (χ2n) is 8.13. The highest BCUT2D eigenvalue weighted by Crippen LogP contribution is 2.26. The molecule has 9 heteroatoms. The van der Waals surface area contributed by atoms with Gasteiger partial charge in [0.15, 0.2) is 6.61 Å². The van der Waals surface area contributed by atoms with E-state index < -0.39 is 17.8 Å². The fourth-order valence-electron chi connectivity index (χ4n) is 3.65. The molecule has 0 spiro atoms. The number of barbiturate groups is 1. The van der Waals surface area contributed by atoms with Crippen LogP contribution in [-0.2, 0) is 14.4 Å². The number of amides is 5. The molecule has 1 fully saturated rings. The minimum Gasteiger partial charge on any atom is -0.483 e. The molecule has 3 aromatic carbocycles. The minimum atomic E-state index is -0.836. The summed E-state index contributed by atoms with van der Waals surface area (Å²) in [6, 6.07) is 18.1. The standard InChI is InChI=1S/C27H22BrN3O5/c1-16-7-12-22(17(2)13-16)29-24(32)15-36-23-6-4-3-5-18(23)14-21-25(33)30-27(35)31(26(21)34)20-10-8-19(28)9-11-20/h3-14H,15H2,1-2H3,(H,29,32)(H,30,33,35)/b21-14+. The van der Waals surface area contributed by atoms with Crippen molar-refractivity contribution in [1.82, 2.24) is 5.32 Å². The van der Waals surface area contributed by atoms with Gasteiger partial charge in [0.1, 0.15) is 11.3 Å². The van der Waals surface area contributed by atoms with Crippen molar-refractivity contribution in [2.75, 3.05) is 16.8 Å². The summed E-state index contributed by atoms with van der Waals surface area (Å²) in [5.41, 5.74) is 3.18. The average molecular weight is 548 g/mol. The number of carbonyl (C=O) groups is 4. The second kappa shape index (κ2) is 10.6. The van der Waals surface area contributed by atoms with E-state index in [1.54, 1.807) is 48.5 Å². The fourth-order valence-corrected chi connectivity index (χ4v) is 3.92. The van der Waals surface area contributed by atoms with Gasteiger partial charge < -0.3 is 10.1 Å². The molecule has 0 aromatic heterocycles. The summed E-state index contributed by atoms with van der Waals surface area (Å²) in [6.07, 6.45) is 1.34. The van der Waals surface area contributed by atoms with E-state index in [4.69, 9.17) is 4.74 Å². The summed E-state index contributed by atoms with van der Waals surface area (Å²) in [4.78, 5) is 51.4. The number of carbonyl (C=O) groups excluding carboxylic acids is 4. The fraction of sp³-hybridized carbons (Fsp3) is 0.111. The third-order valence-electron chi connectivity index (χ3n) is 5.42. The zero-order valence-electron chi connectivity index (χ0n) is 19.5. The number of para-hydroxylation sites is 1. The molecule has 0 unspecified atom stereocenters. The van der Waals surface area contributed by atoms with Crippen LogP contribution in [0, 0.1) is 13.8 Å². The number of anilines is 2. The lowest BCUT2D eigenvalue weighted by molar-refractivity contribution is -0.122. The zero-order valence-corrected chi connectivity index (χ0v) is 21.1. The van der Waals surface area contributed by atoms with Gasteiger partial charge in [0.25, 0.3) is 17.7 Å². The molecule has 1 aliphatic heterocycles.